The average molecular weight is 310 g/mol. The molecule has 0 aliphatic carbocycles. The number of rotatable bonds is 3. The lowest BCUT2D eigenvalue weighted by molar-refractivity contribution is -0.137. The van der Waals surface area contributed by atoms with Crippen LogP contribution in [0.4, 0.5) is 17.6 Å². The van der Waals surface area contributed by atoms with Crippen molar-refractivity contribution >= 4 is 12.0 Å². The first kappa shape index (κ1) is 15.8. The van der Waals surface area contributed by atoms with Gasteiger partial charge < -0.3 is 5.11 Å². The summed E-state index contributed by atoms with van der Waals surface area (Å²) in [6.45, 7) is 0. The van der Waals surface area contributed by atoms with Gasteiger partial charge in [-0.1, -0.05) is 18.2 Å². The van der Waals surface area contributed by atoms with Crippen molar-refractivity contribution in [2.75, 3.05) is 0 Å². The molecule has 0 heterocycles. The molecule has 0 atom stereocenters. The van der Waals surface area contributed by atoms with Crippen LogP contribution in [-0.4, -0.2) is 11.1 Å². The van der Waals surface area contributed by atoms with Gasteiger partial charge in [0.05, 0.1) is 5.56 Å². The van der Waals surface area contributed by atoms with Crippen molar-refractivity contribution < 1.29 is 27.5 Å². The Kier molecular flexibility index (Phi) is 4.30. The summed E-state index contributed by atoms with van der Waals surface area (Å²) < 4.78 is 51.2. The van der Waals surface area contributed by atoms with E-state index in [1.807, 2.05) is 0 Å². The number of carboxylic acid groups (broad SMARTS) is 1. The molecule has 0 aliphatic rings. The standard InChI is InChI=1S/C16H10F4O2/c17-13-5-1-10(2-6-13)14-7-4-12(16(18,19)20)9-11(14)3-8-15(21)22/h1-9H,(H,21,22)/b8-3+. The second-order valence-corrected chi connectivity index (χ2v) is 4.48. The molecule has 114 valence electrons. The monoisotopic (exact) mass is 310 g/mol. The predicted octanol–water partition coefficient (Wildman–Crippen LogP) is 4.61. The highest BCUT2D eigenvalue weighted by Gasteiger charge is 2.30. The zero-order valence-electron chi connectivity index (χ0n) is 11.1. The molecule has 0 aliphatic heterocycles. The van der Waals surface area contributed by atoms with Gasteiger partial charge in [-0.15, -0.1) is 0 Å². The lowest BCUT2D eigenvalue weighted by Gasteiger charge is -2.11. The first-order valence-corrected chi connectivity index (χ1v) is 6.15. The maximum absolute atomic E-state index is 12.9. The highest BCUT2D eigenvalue weighted by Crippen LogP contribution is 2.34. The van der Waals surface area contributed by atoms with Crippen molar-refractivity contribution in [3.05, 3.63) is 65.5 Å². The molecule has 0 radical (unpaired) electrons. The Hall–Kier alpha value is -2.63. The number of halogens is 4. The SMILES string of the molecule is O=C(O)/C=C/c1cc(C(F)(F)F)ccc1-c1ccc(F)cc1. The Morgan fingerprint density at radius 1 is 1.05 bits per heavy atom. The topological polar surface area (TPSA) is 37.3 Å². The maximum atomic E-state index is 12.9. The van der Waals surface area contributed by atoms with E-state index in [-0.39, 0.29) is 5.56 Å². The van der Waals surface area contributed by atoms with E-state index in [4.69, 9.17) is 5.11 Å². The van der Waals surface area contributed by atoms with Crippen LogP contribution in [0.2, 0.25) is 0 Å². The van der Waals surface area contributed by atoms with E-state index in [0.717, 1.165) is 24.3 Å². The number of aliphatic carboxylic acids is 1. The molecule has 0 saturated heterocycles. The lowest BCUT2D eigenvalue weighted by Crippen LogP contribution is -2.05. The van der Waals surface area contributed by atoms with Crippen LogP contribution < -0.4 is 0 Å². The second-order valence-electron chi connectivity index (χ2n) is 4.48. The van der Waals surface area contributed by atoms with E-state index in [0.29, 0.717) is 11.1 Å². The summed E-state index contributed by atoms with van der Waals surface area (Å²) in [5.41, 5.74) is 0.0675. The van der Waals surface area contributed by atoms with Crippen molar-refractivity contribution in [1.29, 1.82) is 0 Å². The fourth-order valence-corrected chi connectivity index (χ4v) is 1.93. The van der Waals surface area contributed by atoms with Crippen LogP contribution >= 0.6 is 0 Å². The van der Waals surface area contributed by atoms with Crippen molar-refractivity contribution in [3.63, 3.8) is 0 Å². The minimum Gasteiger partial charge on any atom is -0.478 e. The van der Waals surface area contributed by atoms with Crippen molar-refractivity contribution in [2.24, 2.45) is 0 Å². The molecule has 0 bridgehead atoms. The minimum atomic E-state index is -4.53. The van der Waals surface area contributed by atoms with Crippen LogP contribution in [0.25, 0.3) is 17.2 Å². The third kappa shape index (κ3) is 3.72. The van der Waals surface area contributed by atoms with Gasteiger partial charge in [0.25, 0.3) is 0 Å². The molecule has 2 rings (SSSR count). The second kappa shape index (κ2) is 6.01. The molecular weight excluding hydrogens is 300 g/mol. The zero-order valence-corrected chi connectivity index (χ0v) is 11.1. The summed E-state index contributed by atoms with van der Waals surface area (Å²) in [5, 5.41) is 8.64. The molecule has 0 fully saturated rings. The first-order chi connectivity index (χ1) is 10.3. The summed E-state index contributed by atoms with van der Waals surface area (Å²) in [4.78, 5) is 10.6. The quantitative estimate of drug-likeness (QED) is 0.664. The van der Waals surface area contributed by atoms with E-state index in [1.54, 1.807) is 0 Å². The summed E-state index contributed by atoms with van der Waals surface area (Å²) in [6, 6.07) is 8.17. The van der Waals surface area contributed by atoms with Crippen molar-refractivity contribution in [2.45, 2.75) is 6.18 Å². The van der Waals surface area contributed by atoms with Crippen LogP contribution in [0, 0.1) is 5.82 Å². The maximum Gasteiger partial charge on any atom is 0.416 e. The minimum absolute atomic E-state index is 0.0869. The molecule has 2 aromatic carbocycles. The van der Waals surface area contributed by atoms with Gasteiger partial charge in [0.15, 0.2) is 0 Å². The average Bonchev–Trinajstić information content (AvgIpc) is 2.45. The number of carboxylic acids is 1. The van der Waals surface area contributed by atoms with Gasteiger partial charge in [0.2, 0.25) is 0 Å². The number of alkyl halides is 3. The van der Waals surface area contributed by atoms with Crippen LogP contribution in [0.15, 0.2) is 48.5 Å². The van der Waals surface area contributed by atoms with Crippen LogP contribution in [0.5, 0.6) is 0 Å². The van der Waals surface area contributed by atoms with E-state index >= 15 is 0 Å². The zero-order chi connectivity index (χ0) is 16.3. The Labute approximate surface area is 123 Å². The Morgan fingerprint density at radius 3 is 2.23 bits per heavy atom. The predicted molar refractivity (Wildman–Crippen MR) is 73.5 cm³/mol. The summed E-state index contributed by atoms with van der Waals surface area (Å²) >= 11 is 0. The Morgan fingerprint density at radius 2 is 1.68 bits per heavy atom. The largest absolute Gasteiger partial charge is 0.478 e. The summed E-state index contributed by atoms with van der Waals surface area (Å²) in [6.07, 6.45) is -2.70. The van der Waals surface area contributed by atoms with Gasteiger partial charge in [0, 0.05) is 6.08 Å². The van der Waals surface area contributed by atoms with Crippen molar-refractivity contribution in [1.82, 2.24) is 0 Å². The fourth-order valence-electron chi connectivity index (χ4n) is 1.93. The number of carbonyl (C=O) groups is 1. The number of hydrogen-bond acceptors (Lipinski definition) is 1. The smallest absolute Gasteiger partial charge is 0.416 e. The third-order valence-electron chi connectivity index (χ3n) is 2.94. The molecule has 0 spiro atoms. The molecule has 6 heteroatoms. The molecule has 2 nitrogen and oxygen atoms in total. The van der Waals surface area contributed by atoms with Gasteiger partial charge in [-0.05, 0) is 47.0 Å². The Balaban J connectivity index is 2.57. The van der Waals surface area contributed by atoms with Crippen LogP contribution in [0.3, 0.4) is 0 Å². The van der Waals surface area contributed by atoms with Gasteiger partial charge in [-0.2, -0.15) is 13.2 Å². The number of hydrogen-bond donors (Lipinski definition) is 1. The summed E-state index contributed by atoms with van der Waals surface area (Å²) in [7, 11) is 0. The van der Waals surface area contributed by atoms with E-state index < -0.39 is 23.5 Å². The highest BCUT2D eigenvalue weighted by atomic mass is 19.4. The van der Waals surface area contributed by atoms with E-state index in [9.17, 15) is 22.4 Å². The summed E-state index contributed by atoms with van der Waals surface area (Å²) in [5.74, 6) is -1.75. The van der Waals surface area contributed by atoms with Gasteiger partial charge in [-0.25, -0.2) is 9.18 Å². The molecular formula is C16H10F4O2. The number of benzene rings is 2. The van der Waals surface area contributed by atoms with Gasteiger partial charge in [-0.3, -0.25) is 0 Å². The molecule has 1 N–H and O–H groups in total. The highest BCUT2D eigenvalue weighted by molar-refractivity contribution is 5.88. The fraction of sp³-hybridized carbons (Fsp3) is 0.0625. The molecule has 2 aromatic rings. The van der Waals surface area contributed by atoms with E-state index in [2.05, 4.69) is 0 Å². The lowest BCUT2D eigenvalue weighted by atomic mass is 9.97. The molecule has 0 amide bonds. The first-order valence-electron chi connectivity index (χ1n) is 6.15. The molecule has 0 unspecified atom stereocenters. The van der Waals surface area contributed by atoms with Gasteiger partial charge in [0.1, 0.15) is 5.82 Å². The third-order valence-corrected chi connectivity index (χ3v) is 2.94. The van der Waals surface area contributed by atoms with E-state index in [1.165, 1.54) is 30.3 Å². The molecule has 22 heavy (non-hydrogen) atoms. The van der Waals surface area contributed by atoms with Crippen LogP contribution in [-0.2, 0) is 11.0 Å². The Bertz CT molecular complexity index is 716. The van der Waals surface area contributed by atoms with Gasteiger partial charge >= 0.3 is 12.1 Å². The van der Waals surface area contributed by atoms with Crippen LogP contribution in [0.1, 0.15) is 11.1 Å². The normalized spacial score (nSPS) is 11.8. The molecule has 0 aromatic heterocycles. The van der Waals surface area contributed by atoms with Crippen molar-refractivity contribution in [3.8, 4) is 11.1 Å². The molecule has 0 saturated carbocycles.